The van der Waals surface area contributed by atoms with Crippen molar-refractivity contribution in [1.82, 2.24) is 0 Å². The van der Waals surface area contributed by atoms with Gasteiger partial charge in [0.05, 0.1) is 28.9 Å². The van der Waals surface area contributed by atoms with E-state index in [1.807, 2.05) is 0 Å². The van der Waals surface area contributed by atoms with Gasteiger partial charge in [0.15, 0.2) is 6.29 Å². The van der Waals surface area contributed by atoms with Gasteiger partial charge in [0, 0.05) is 18.2 Å². The molecular weight excluding hydrogens is 262 g/mol. The smallest absolute Gasteiger partial charge is 0.158 e. The lowest BCUT2D eigenvalue weighted by Crippen LogP contribution is -2.26. The van der Waals surface area contributed by atoms with E-state index >= 15 is 0 Å². The monoisotopic (exact) mass is 276 g/mol. The Morgan fingerprint density at radius 2 is 2.00 bits per heavy atom. The van der Waals surface area contributed by atoms with Gasteiger partial charge < -0.3 is 9.47 Å². The minimum absolute atomic E-state index is 0.0206. The second kappa shape index (κ2) is 6.36. The summed E-state index contributed by atoms with van der Waals surface area (Å²) in [4.78, 5) is 0.0206. The average Bonchev–Trinajstić information content (AvgIpc) is 2.37. The molecule has 1 atom stereocenters. The maximum Gasteiger partial charge on any atom is 0.158 e. The van der Waals surface area contributed by atoms with Crippen molar-refractivity contribution in [1.29, 1.82) is 0 Å². The summed E-state index contributed by atoms with van der Waals surface area (Å²) in [5, 5.41) is 0. The summed E-state index contributed by atoms with van der Waals surface area (Å²) in [6.07, 6.45) is 0.918. The summed E-state index contributed by atoms with van der Waals surface area (Å²) in [7, 11) is -1.51. The highest BCUT2D eigenvalue weighted by molar-refractivity contribution is 7.85. The van der Waals surface area contributed by atoms with Gasteiger partial charge in [0.2, 0.25) is 0 Å². The normalized spacial score (nSPS) is 18.8. The van der Waals surface area contributed by atoms with E-state index in [4.69, 9.17) is 9.47 Å². The zero-order valence-electron chi connectivity index (χ0n) is 9.73. The van der Waals surface area contributed by atoms with Crippen LogP contribution in [0.2, 0.25) is 0 Å². The molecule has 1 aliphatic rings. The molecule has 0 N–H and O–H groups in total. The third kappa shape index (κ3) is 3.57. The Balaban J connectivity index is 1.90. The van der Waals surface area contributed by atoms with Gasteiger partial charge in [0.1, 0.15) is 11.6 Å². The van der Waals surface area contributed by atoms with E-state index in [9.17, 15) is 13.0 Å². The van der Waals surface area contributed by atoms with Gasteiger partial charge in [-0.2, -0.15) is 0 Å². The van der Waals surface area contributed by atoms with Crippen LogP contribution in [0.5, 0.6) is 0 Å². The molecule has 1 aromatic carbocycles. The van der Waals surface area contributed by atoms with Crippen LogP contribution in [0.25, 0.3) is 0 Å². The Labute approximate surface area is 107 Å². The molecule has 1 heterocycles. The maximum atomic E-state index is 13.4. The van der Waals surface area contributed by atoms with Crippen molar-refractivity contribution in [2.45, 2.75) is 24.0 Å². The summed E-state index contributed by atoms with van der Waals surface area (Å²) in [5.41, 5.74) is 0. The van der Waals surface area contributed by atoms with Gasteiger partial charge in [-0.15, -0.1) is 0 Å². The van der Waals surface area contributed by atoms with Crippen LogP contribution < -0.4 is 0 Å². The molecule has 18 heavy (non-hydrogen) atoms. The molecule has 0 spiro atoms. The molecule has 100 valence electrons. The number of benzene rings is 1. The molecule has 0 amide bonds. The molecule has 3 nitrogen and oxygen atoms in total. The van der Waals surface area contributed by atoms with E-state index < -0.39 is 22.4 Å². The number of ether oxygens (including phenoxy) is 2. The zero-order valence-corrected chi connectivity index (χ0v) is 10.6. The van der Waals surface area contributed by atoms with Crippen LogP contribution in [0.4, 0.5) is 8.78 Å². The lowest BCUT2D eigenvalue weighted by molar-refractivity contribution is -0.178. The van der Waals surface area contributed by atoms with Gasteiger partial charge in [-0.25, -0.2) is 8.78 Å². The molecule has 0 saturated carbocycles. The van der Waals surface area contributed by atoms with Gasteiger partial charge in [-0.1, -0.05) is 0 Å². The molecular formula is C12H14F2O3S. The summed E-state index contributed by atoms with van der Waals surface area (Å²) in [6, 6.07) is 3.05. The number of hydrogen-bond donors (Lipinski definition) is 0. The molecule has 0 radical (unpaired) electrons. The van der Waals surface area contributed by atoms with Crippen LogP contribution in [0, 0.1) is 11.6 Å². The molecule has 2 rings (SSSR count). The van der Waals surface area contributed by atoms with Gasteiger partial charge in [0.25, 0.3) is 0 Å². The minimum Gasteiger partial charge on any atom is -0.353 e. The summed E-state index contributed by atoms with van der Waals surface area (Å²) >= 11 is 0. The predicted octanol–water partition coefficient (Wildman–Crippen LogP) is 2.23. The molecule has 1 unspecified atom stereocenters. The molecule has 0 aliphatic carbocycles. The zero-order chi connectivity index (χ0) is 13.0. The first-order valence-corrected chi connectivity index (χ1v) is 7.05. The van der Waals surface area contributed by atoms with Gasteiger partial charge in [-0.3, -0.25) is 4.21 Å². The molecule has 1 saturated heterocycles. The van der Waals surface area contributed by atoms with Crippen molar-refractivity contribution < 1.29 is 22.5 Å². The highest BCUT2D eigenvalue weighted by Crippen LogP contribution is 2.16. The second-order valence-corrected chi connectivity index (χ2v) is 5.48. The summed E-state index contributed by atoms with van der Waals surface area (Å²) < 4.78 is 48.5. The van der Waals surface area contributed by atoms with Crippen LogP contribution in [0.3, 0.4) is 0 Å². The Morgan fingerprint density at radius 1 is 1.28 bits per heavy atom. The predicted molar refractivity (Wildman–Crippen MR) is 62.6 cm³/mol. The summed E-state index contributed by atoms with van der Waals surface area (Å²) in [6.45, 7) is 1.25. The molecule has 1 fully saturated rings. The van der Waals surface area contributed by atoms with E-state index in [-0.39, 0.29) is 16.9 Å². The van der Waals surface area contributed by atoms with E-state index in [1.54, 1.807) is 0 Å². The molecule has 0 aromatic heterocycles. The van der Waals surface area contributed by atoms with Crippen LogP contribution in [-0.2, 0) is 20.3 Å². The second-order valence-electron chi connectivity index (χ2n) is 3.94. The molecule has 6 heteroatoms. The van der Waals surface area contributed by atoms with Crippen LogP contribution >= 0.6 is 0 Å². The SMILES string of the molecule is O=S(CCC1OCCCO1)c1ccc(F)cc1F. The fourth-order valence-electron chi connectivity index (χ4n) is 1.68. The largest absolute Gasteiger partial charge is 0.353 e. The van der Waals surface area contributed by atoms with E-state index in [1.165, 1.54) is 6.07 Å². The quantitative estimate of drug-likeness (QED) is 0.846. The maximum absolute atomic E-state index is 13.4. The Morgan fingerprint density at radius 3 is 2.67 bits per heavy atom. The van der Waals surface area contributed by atoms with Gasteiger partial charge in [-0.05, 0) is 18.6 Å². The molecule has 0 bridgehead atoms. The Bertz CT molecular complexity index is 433. The lowest BCUT2D eigenvalue weighted by atomic mass is 10.3. The van der Waals surface area contributed by atoms with Crippen LogP contribution in [0.15, 0.2) is 23.1 Å². The Hall–Kier alpha value is -0.850. The molecule has 1 aliphatic heterocycles. The first-order valence-electron chi connectivity index (χ1n) is 5.73. The highest BCUT2D eigenvalue weighted by Gasteiger charge is 2.17. The third-order valence-corrected chi connectivity index (χ3v) is 4.00. The molecule has 1 aromatic rings. The lowest BCUT2D eigenvalue weighted by Gasteiger charge is -2.22. The third-order valence-electron chi connectivity index (χ3n) is 2.57. The fourth-order valence-corrected chi connectivity index (χ4v) is 2.80. The number of hydrogen-bond acceptors (Lipinski definition) is 3. The first-order chi connectivity index (χ1) is 8.66. The van der Waals surface area contributed by atoms with Crippen LogP contribution in [-0.4, -0.2) is 29.5 Å². The van der Waals surface area contributed by atoms with Crippen molar-refractivity contribution in [3.8, 4) is 0 Å². The highest BCUT2D eigenvalue weighted by atomic mass is 32.2. The van der Waals surface area contributed by atoms with Gasteiger partial charge >= 0.3 is 0 Å². The standard InChI is InChI=1S/C12H14F2O3S/c13-9-2-3-11(10(14)8-9)18(15)7-4-12-16-5-1-6-17-12/h2-3,8,12H,1,4-7H2. The number of halogens is 2. The van der Waals surface area contributed by atoms with E-state index in [2.05, 4.69) is 0 Å². The van der Waals surface area contributed by atoms with Crippen molar-refractivity contribution >= 4 is 10.8 Å². The van der Waals surface area contributed by atoms with Crippen LogP contribution in [0.1, 0.15) is 12.8 Å². The first kappa shape index (κ1) is 13.6. The van der Waals surface area contributed by atoms with Crippen molar-refractivity contribution in [3.05, 3.63) is 29.8 Å². The average molecular weight is 276 g/mol. The van der Waals surface area contributed by atoms with E-state index in [0.717, 1.165) is 18.6 Å². The Kier molecular flexibility index (Phi) is 4.79. The minimum atomic E-state index is -1.51. The van der Waals surface area contributed by atoms with E-state index in [0.29, 0.717) is 19.6 Å². The van der Waals surface area contributed by atoms with Crippen molar-refractivity contribution in [2.24, 2.45) is 0 Å². The summed E-state index contributed by atoms with van der Waals surface area (Å²) in [5.74, 6) is -1.22. The fraction of sp³-hybridized carbons (Fsp3) is 0.500. The number of rotatable bonds is 4. The topological polar surface area (TPSA) is 35.5 Å². The van der Waals surface area contributed by atoms with Crippen molar-refractivity contribution in [3.63, 3.8) is 0 Å². The van der Waals surface area contributed by atoms with Crippen molar-refractivity contribution in [2.75, 3.05) is 19.0 Å².